The number of hydrogen-bond donors (Lipinski definition) is 5. The van der Waals surface area contributed by atoms with Gasteiger partial charge in [0, 0.05) is 31.6 Å². The smallest absolute Gasteiger partial charge is 0.364 e. The molecule has 6 unspecified atom stereocenters. The molecular formula is C35H59NO21. The van der Waals surface area contributed by atoms with Gasteiger partial charge in [-0.1, -0.05) is 0 Å². The third-order valence-corrected chi connectivity index (χ3v) is 8.30. The van der Waals surface area contributed by atoms with Gasteiger partial charge in [0.25, 0.3) is 17.6 Å². The van der Waals surface area contributed by atoms with E-state index in [-0.39, 0.29) is 71.1 Å². The number of ether oxygens (including phenoxy) is 10. The topological polar surface area (TPSA) is 291 Å². The Morgan fingerprint density at radius 3 is 1.51 bits per heavy atom. The van der Waals surface area contributed by atoms with Crippen molar-refractivity contribution in [2.75, 3.05) is 119 Å². The van der Waals surface area contributed by atoms with E-state index in [2.05, 4.69) is 0 Å². The molecule has 0 aromatic rings. The molecule has 0 bridgehead atoms. The second kappa shape index (κ2) is 29.4. The number of hydroxylamine groups is 2. The van der Waals surface area contributed by atoms with E-state index < -0.39 is 72.9 Å². The largest absolute Gasteiger partial charge is 0.477 e. The fourth-order valence-corrected chi connectivity index (χ4v) is 5.40. The first kappa shape index (κ1) is 50.3. The summed E-state index contributed by atoms with van der Waals surface area (Å²) in [7, 11) is 0. The Morgan fingerprint density at radius 2 is 1.12 bits per heavy atom. The van der Waals surface area contributed by atoms with E-state index >= 15 is 0 Å². The average molecular weight is 830 g/mol. The lowest BCUT2D eigenvalue weighted by Crippen LogP contribution is -2.62. The molecule has 6 atom stereocenters. The number of aliphatic hydroxyl groups excluding tert-OH is 4. The molecule has 2 aliphatic rings. The van der Waals surface area contributed by atoms with Crippen LogP contribution in [0.25, 0.3) is 0 Å². The first-order valence-corrected chi connectivity index (χ1v) is 18.8. The number of hydrogen-bond acceptors (Lipinski definition) is 20. The maximum Gasteiger partial charge on any atom is 0.364 e. The zero-order valence-electron chi connectivity index (χ0n) is 32.4. The van der Waals surface area contributed by atoms with Crippen LogP contribution in [0.3, 0.4) is 0 Å². The summed E-state index contributed by atoms with van der Waals surface area (Å²) in [4.78, 5) is 63.1. The van der Waals surface area contributed by atoms with E-state index in [0.29, 0.717) is 77.7 Å². The van der Waals surface area contributed by atoms with Gasteiger partial charge >= 0.3 is 11.9 Å². The standard InChI is InChI=1S/C35H59NO21/c1-25(38)22-26-27(39)23-35(34(45)46,56-33(26)32(44)28(40)24-37)55-21-20-54-19-18-53-17-16-52-15-14-51-13-12-50-11-10-49-9-8-48-7-6-47-5-4-31(43)57-36-29(41)2-3-30(36)42/h26-28,32-33,37,39-40,44H,2-24H2,1H3,(H,45,46). The van der Waals surface area contributed by atoms with Crippen LogP contribution < -0.4 is 0 Å². The molecule has 330 valence electrons. The lowest BCUT2D eigenvalue weighted by molar-refractivity contribution is -0.320. The van der Waals surface area contributed by atoms with E-state index in [1.54, 1.807) is 0 Å². The highest BCUT2D eigenvalue weighted by molar-refractivity contribution is 6.01. The van der Waals surface area contributed by atoms with E-state index in [1.807, 2.05) is 0 Å². The normalized spacial score (nSPS) is 22.2. The Hall–Kier alpha value is -2.81. The number of carboxylic acids is 1. The monoisotopic (exact) mass is 829 g/mol. The molecule has 2 rings (SSSR count). The van der Waals surface area contributed by atoms with Crippen molar-refractivity contribution in [3.05, 3.63) is 0 Å². The third kappa shape index (κ3) is 20.1. The number of rotatable bonds is 35. The van der Waals surface area contributed by atoms with Gasteiger partial charge in [0.15, 0.2) is 0 Å². The Kier molecular flexibility index (Phi) is 26.0. The van der Waals surface area contributed by atoms with Gasteiger partial charge in [-0.15, -0.1) is 5.06 Å². The van der Waals surface area contributed by atoms with E-state index in [1.165, 1.54) is 6.92 Å². The summed E-state index contributed by atoms with van der Waals surface area (Å²) in [5, 5.41) is 50.7. The van der Waals surface area contributed by atoms with Gasteiger partial charge in [0.1, 0.15) is 18.0 Å². The number of nitrogens with zero attached hydrogens (tertiary/aromatic N) is 1. The molecule has 22 heteroatoms. The molecule has 0 saturated carbocycles. The number of carbonyl (C=O) groups excluding carboxylic acids is 4. The molecule has 2 heterocycles. The fraction of sp³-hybridized carbons (Fsp3) is 0.857. The van der Waals surface area contributed by atoms with Crippen molar-refractivity contribution in [2.45, 2.75) is 69.2 Å². The van der Waals surface area contributed by atoms with Crippen LogP contribution in [0.15, 0.2) is 0 Å². The van der Waals surface area contributed by atoms with Gasteiger partial charge in [0.05, 0.1) is 138 Å². The molecule has 0 aliphatic carbocycles. The molecule has 0 aromatic carbocycles. The fourth-order valence-electron chi connectivity index (χ4n) is 5.40. The quantitative estimate of drug-likeness (QED) is 0.0323. The molecule has 2 fully saturated rings. The highest BCUT2D eigenvalue weighted by atomic mass is 16.7. The summed E-state index contributed by atoms with van der Waals surface area (Å²) in [5.41, 5.74) is 0. The van der Waals surface area contributed by atoms with Crippen molar-refractivity contribution in [1.82, 2.24) is 5.06 Å². The van der Waals surface area contributed by atoms with Crippen LogP contribution in [-0.4, -0.2) is 209 Å². The summed E-state index contributed by atoms with van der Waals surface area (Å²) < 4.78 is 54.2. The van der Waals surface area contributed by atoms with Gasteiger partial charge in [0.2, 0.25) is 0 Å². The van der Waals surface area contributed by atoms with Gasteiger partial charge < -0.3 is 82.5 Å². The van der Waals surface area contributed by atoms with E-state index in [4.69, 9.17) is 52.2 Å². The molecular weight excluding hydrogens is 770 g/mol. The van der Waals surface area contributed by atoms with Crippen molar-refractivity contribution >= 4 is 29.5 Å². The zero-order valence-corrected chi connectivity index (χ0v) is 32.4. The minimum absolute atomic E-state index is 0.0379. The van der Waals surface area contributed by atoms with Crippen molar-refractivity contribution in [1.29, 1.82) is 0 Å². The van der Waals surface area contributed by atoms with Crippen LogP contribution in [-0.2, 0) is 76.2 Å². The second-order valence-electron chi connectivity index (χ2n) is 12.8. The molecule has 22 nitrogen and oxygen atoms in total. The molecule has 2 aliphatic heterocycles. The summed E-state index contributed by atoms with van der Waals surface area (Å²) in [6, 6.07) is 0. The minimum Gasteiger partial charge on any atom is -0.477 e. The van der Waals surface area contributed by atoms with E-state index in [0.717, 1.165) is 0 Å². The van der Waals surface area contributed by atoms with Gasteiger partial charge in [-0.05, 0) is 6.92 Å². The first-order valence-electron chi connectivity index (χ1n) is 18.8. The summed E-state index contributed by atoms with van der Waals surface area (Å²) in [6.07, 6.45) is -7.27. The van der Waals surface area contributed by atoms with Crippen LogP contribution in [0.5, 0.6) is 0 Å². The van der Waals surface area contributed by atoms with Crippen LogP contribution in [0.4, 0.5) is 0 Å². The molecule has 0 radical (unpaired) electrons. The van der Waals surface area contributed by atoms with Crippen LogP contribution in [0.2, 0.25) is 0 Å². The van der Waals surface area contributed by atoms with Gasteiger partial charge in [-0.25, -0.2) is 9.59 Å². The summed E-state index contributed by atoms with van der Waals surface area (Å²) in [5.74, 6) is -7.14. The van der Waals surface area contributed by atoms with Crippen LogP contribution >= 0.6 is 0 Å². The van der Waals surface area contributed by atoms with Gasteiger partial charge in [-0.3, -0.25) is 9.59 Å². The molecule has 0 spiro atoms. The maximum absolute atomic E-state index is 12.1. The Morgan fingerprint density at radius 1 is 0.719 bits per heavy atom. The predicted molar refractivity (Wildman–Crippen MR) is 188 cm³/mol. The SMILES string of the molecule is CC(=O)CC1C(O)CC(OCCOCCOCCOCCOCCOCCOCCOCCOCCC(=O)ON2C(=O)CCC2=O)(C(=O)O)OC1C(O)C(O)CO. The molecule has 57 heavy (non-hydrogen) atoms. The van der Waals surface area contributed by atoms with Crippen LogP contribution in [0.1, 0.15) is 39.0 Å². The number of aliphatic hydroxyl groups is 4. The number of carboxylic acid groups (broad SMARTS) is 1. The maximum atomic E-state index is 12.1. The second-order valence-corrected chi connectivity index (χ2v) is 12.8. The lowest BCUT2D eigenvalue weighted by Gasteiger charge is -2.46. The number of aliphatic carboxylic acids is 1. The van der Waals surface area contributed by atoms with Crippen molar-refractivity contribution in [2.24, 2.45) is 5.92 Å². The van der Waals surface area contributed by atoms with Crippen molar-refractivity contribution in [3.8, 4) is 0 Å². The average Bonchev–Trinajstić information content (AvgIpc) is 3.49. The molecule has 2 amide bonds. The van der Waals surface area contributed by atoms with Crippen molar-refractivity contribution < 1.29 is 102 Å². The molecule has 5 N–H and O–H groups in total. The molecule has 0 aromatic heterocycles. The number of amides is 2. The highest BCUT2D eigenvalue weighted by Gasteiger charge is 2.55. The number of Topliss-reactive ketones (excluding diaryl/α,β-unsaturated/α-hetero) is 1. The Bertz CT molecular complexity index is 1160. The lowest BCUT2D eigenvalue weighted by atomic mass is 9.80. The summed E-state index contributed by atoms with van der Waals surface area (Å²) >= 11 is 0. The van der Waals surface area contributed by atoms with E-state index in [9.17, 15) is 49.5 Å². The Labute approximate surface area is 330 Å². The highest BCUT2D eigenvalue weighted by Crippen LogP contribution is 2.38. The van der Waals surface area contributed by atoms with Crippen molar-refractivity contribution in [3.63, 3.8) is 0 Å². The number of carbonyl (C=O) groups is 5. The van der Waals surface area contributed by atoms with Crippen LogP contribution in [0, 0.1) is 5.92 Å². The Balaban J connectivity index is 1.35. The number of imide groups is 1. The minimum atomic E-state index is -2.39. The third-order valence-electron chi connectivity index (χ3n) is 8.30. The summed E-state index contributed by atoms with van der Waals surface area (Å²) in [6.45, 7) is 4.68. The number of ketones is 1. The molecule has 2 saturated heterocycles. The predicted octanol–water partition coefficient (Wildman–Crippen LogP) is -2.63. The first-order chi connectivity index (χ1) is 27.4. The zero-order chi connectivity index (χ0) is 41.9. The van der Waals surface area contributed by atoms with Gasteiger partial charge in [-0.2, -0.15) is 0 Å².